The molecule has 5 rings (SSSR count). The van der Waals surface area contributed by atoms with Gasteiger partial charge in [0.2, 0.25) is 0 Å². The van der Waals surface area contributed by atoms with Crippen LogP contribution in [0.1, 0.15) is 65.2 Å². The molecular formula is C24H28O4. The summed E-state index contributed by atoms with van der Waals surface area (Å²) in [5.74, 6) is -0.0485. The molecule has 1 fully saturated rings. The Hall–Kier alpha value is -2.10. The average Bonchev–Trinajstić information content (AvgIpc) is 3.21. The fourth-order valence-electron chi connectivity index (χ4n) is 6.66. The molecule has 0 aromatic heterocycles. The van der Waals surface area contributed by atoms with Crippen molar-refractivity contribution in [2.45, 2.75) is 76.4 Å². The van der Waals surface area contributed by atoms with E-state index in [0.29, 0.717) is 11.1 Å². The smallest absolute Gasteiger partial charge is 0.339 e. The monoisotopic (exact) mass is 380 g/mol. The van der Waals surface area contributed by atoms with Crippen LogP contribution in [0.5, 0.6) is 0 Å². The van der Waals surface area contributed by atoms with Gasteiger partial charge in [-0.05, 0) is 49.7 Å². The highest BCUT2D eigenvalue weighted by atomic mass is 16.6. The van der Waals surface area contributed by atoms with Crippen molar-refractivity contribution in [3.63, 3.8) is 0 Å². The van der Waals surface area contributed by atoms with Crippen LogP contribution in [0.4, 0.5) is 0 Å². The number of fused-ring (bicyclic) bond motifs is 3. The van der Waals surface area contributed by atoms with Crippen molar-refractivity contribution < 1.29 is 19.1 Å². The fourth-order valence-corrected chi connectivity index (χ4v) is 6.66. The van der Waals surface area contributed by atoms with E-state index in [4.69, 9.17) is 9.47 Å². The topological polar surface area (TPSA) is 52.6 Å². The van der Waals surface area contributed by atoms with Gasteiger partial charge >= 0.3 is 11.9 Å². The van der Waals surface area contributed by atoms with Crippen LogP contribution in [-0.2, 0) is 19.1 Å². The minimum atomic E-state index is -0.794. The summed E-state index contributed by atoms with van der Waals surface area (Å²) in [5.41, 5.74) is 2.00. The van der Waals surface area contributed by atoms with Gasteiger partial charge in [-0.3, -0.25) is 0 Å². The molecule has 0 amide bonds. The van der Waals surface area contributed by atoms with Crippen LogP contribution in [0.25, 0.3) is 0 Å². The maximum absolute atomic E-state index is 12.9. The van der Waals surface area contributed by atoms with Gasteiger partial charge < -0.3 is 9.47 Å². The van der Waals surface area contributed by atoms with Crippen LogP contribution in [0.15, 0.2) is 46.6 Å². The molecule has 5 aliphatic rings. The molecule has 4 atom stereocenters. The first kappa shape index (κ1) is 18.0. The van der Waals surface area contributed by atoms with E-state index in [1.165, 1.54) is 0 Å². The van der Waals surface area contributed by atoms with Crippen LogP contribution < -0.4 is 0 Å². The van der Waals surface area contributed by atoms with Crippen LogP contribution in [0, 0.1) is 11.8 Å². The quantitative estimate of drug-likeness (QED) is 0.663. The maximum Gasteiger partial charge on any atom is 0.339 e. The minimum absolute atomic E-state index is 0.214. The Kier molecular flexibility index (Phi) is 3.98. The number of rotatable bonds is 4. The molecular weight excluding hydrogens is 352 g/mol. The number of hydrogen-bond acceptors (Lipinski definition) is 4. The van der Waals surface area contributed by atoms with E-state index < -0.39 is 11.2 Å². The molecule has 0 saturated heterocycles. The summed E-state index contributed by atoms with van der Waals surface area (Å²) in [5, 5.41) is 0. The van der Waals surface area contributed by atoms with Gasteiger partial charge in [0.15, 0.2) is 11.2 Å². The van der Waals surface area contributed by atoms with E-state index in [1.54, 1.807) is 0 Å². The molecule has 0 radical (unpaired) electrons. The van der Waals surface area contributed by atoms with Gasteiger partial charge in [0.05, 0.1) is 11.1 Å². The average molecular weight is 380 g/mol. The van der Waals surface area contributed by atoms with Gasteiger partial charge in [-0.2, -0.15) is 0 Å². The van der Waals surface area contributed by atoms with Crippen LogP contribution in [0.3, 0.4) is 0 Å². The highest BCUT2D eigenvalue weighted by Crippen LogP contribution is 2.71. The van der Waals surface area contributed by atoms with E-state index in [9.17, 15) is 9.59 Å². The summed E-state index contributed by atoms with van der Waals surface area (Å²) in [6.45, 7) is 4.37. The predicted molar refractivity (Wildman–Crippen MR) is 105 cm³/mol. The number of esters is 2. The third-order valence-electron chi connectivity index (χ3n) is 7.47. The van der Waals surface area contributed by atoms with E-state index in [2.05, 4.69) is 26.0 Å². The molecule has 2 aliphatic heterocycles. The van der Waals surface area contributed by atoms with Gasteiger partial charge in [-0.1, -0.05) is 51.0 Å². The van der Waals surface area contributed by atoms with Crippen LogP contribution in [0.2, 0.25) is 0 Å². The van der Waals surface area contributed by atoms with Crippen molar-refractivity contribution in [3.05, 3.63) is 46.6 Å². The second-order valence-corrected chi connectivity index (χ2v) is 8.71. The van der Waals surface area contributed by atoms with Crippen molar-refractivity contribution >= 4 is 11.9 Å². The van der Waals surface area contributed by atoms with E-state index in [0.717, 1.165) is 62.5 Å². The molecule has 4 nitrogen and oxygen atoms in total. The minimum Gasteiger partial charge on any atom is -0.446 e. The summed E-state index contributed by atoms with van der Waals surface area (Å²) in [6.07, 6.45) is 15.4. The lowest BCUT2D eigenvalue weighted by Crippen LogP contribution is -2.77. The van der Waals surface area contributed by atoms with Crippen LogP contribution >= 0.6 is 0 Å². The predicted octanol–water partition coefficient (Wildman–Crippen LogP) is 4.72. The largest absolute Gasteiger partial charge is 0.446 e. The standard InChI is InChI=1S/C24H28O4/c1-3-9-19-20(10-4-2)24(18-14-8-6-12-16(18)22(26)28-24)23(19)17-13-7-5-11-15(17)21(25)27-23/h5-6,11-12,19-20H,3-4,7-10,13-14H2,1-2H3/t19-,20-,23+,24+/m1/s1. The van der Waals surface area contributed by atoms with Crippen molar-refractivity contribution in [1.29, 1.82) is 0 Å². The Labute approximate surface area is 166 Å². The molecule has 1 saturated carbocycles. The Bertz CT molecular complexity index is 801. The summed E-state index contributed by atoms with van der Waals surface area (Å²) in [7, 11) is 0. The van der Waals surface area contributed by atoms with Gasteiger partial charge in [0.1, 0.15) is 0 Å². The Balaban J connectivity index is 1.74. The van der Waals surface area contributed by atoms with Gasteiger partial charge in [0.25, 0.3) is 0 Å². The first-order valence-corrected chi connectivity index (χ1v) is 10.9. The second kappa shape index (κ2) is 6.20. The number of carbonyl (C=O) groups is 2. The number of allylic oxidation sites excluding steroid dienone is 2. The zero-order chi connectivity index (χ0) is 19.5. The number of carbonyl (C=O) groups excluding carboxylic acids is 2. The second-order valence-electron chi connectivity index (χ2n) is 8.71. The third kappa shape index (κ3) is 1.92. The third-order valence-corrected chi connectivity index (χ3v) is 7.47. The highest BCUT2D eigenvalue weighted by Gasteiger charge is 2.82. The Morgan fingerprint density at radius 1 is 0.821 bits per heavy atom. The summed E-state index contributed by atoms with van der Waals surface area (Å²) in [6, 6.07) is 0. The van der Waals surface area contributed by atoms with Crippen molar-refractivity contribution in [1.82, 2.24) is 0 Å². The zero-order valence-corrected chi connectivity index (χ0v) is 16.8. The lowest BCUT2D eigenvalue weighted by atomic mass is 9.43. The summed E-state index contributed by atoms with van der Waals surface area (Å²) in [4.78, 5) is 25.8. The number of ether oxygens (including phenoxy) is 2. The SMILES string of the molecule is CCC[C@@H]1[C@@H](CCC)[C@]2(OC(=O)C3=C2CCC=C3)[C@@]12OC(=O)C1=C2CCC=C1. The zero-order valence-electron chi connectivity index (χ0n) is 16.8. The van der Waals surface area contributed by atoms with Gasteiger partial charge in [-0.25, -0.2) is 9.59 Å². The van der Waals surface area contributed by atoms with Crippen molar-refractivity contribution in [3.8, 4) is 0 Å². The molecule has 0 N–H and O–H groups in total. The molecule has 2 spiro atoms. The van der Waals surface area contributed by atoms with E-state index in [-0.39, 0.29) is 23.8 Å². The summed E-state index contributed by atoms with van der Waals surface area (Å²) < 4.78 is 12.6. The molecule has 4 heteroatoms. The van der Waals surface area contributed by atoms with Gasteiger partial charge in [0, 0.05) is 11.8 Å². The maximum atomic E-state index is 12.9. The molecule has 0 aromatic carbocycles. The van der Waals surface area contributed by atoms with E-state index >= 15 is 0 Å². The van der Waals surface area contributed by atoms with Crippen molar-refractivity contribution in [2.24, 2.45) is 11.8 Å². The lowest BCUT2D eigenvalue weighted by molar-refractivity contribution is -0.275. The Morgan fingerprint density at radius 3 is 1.64 bits per heavy atom. The lowest BCUT2D eigenvalue weighted by Gasteiger charge is -2.65. The first-order chi connectivity index (χ1) is 13.6. The normalized spacial score (nSPS) is 38.1. The molecule has 0 aromatic rings. The highest BCUT2D eigenvalue weighted by molar-refractivity contribution is 6.00. The van der Waals surface area contributed by atoms with E-state index in [1.807, 2.05) is 12.2 Å². The first-order valence-electron chi connectivity index (χ1n) is 10.9. The van der Waals surface area contributed by atoms with Crippen LogP contribution in [-0.4, -0.2) is 23.1 Å². The molecule has 3 aliphatic carbocycles. The molecule has 2 heterocycles. The van der Waals surface area contributed by atoms with Gasteiger partial charge in [-0.15, -0.1) is 0 Å². The molecule has 28 heavy (non-hydrogen) atoms. The molecule has 0 bridgehead atoms. The molecule has 0 unspecified atom stereocenters. The molecule has 148 valence electrons. The van der Waals surface area contributed by atoms with Crippen molar-refractivity contribution in [2.75, 3.05) is 0 Å². The summed E-state index contributed by atoms with van der Waals surface area (Å²) >= 11 is 0. The fraction of sp³-hybridized carbons (Fsp3) is 0.583. The Morgan fingerprint density at radius 2 is 1.25 bits per heavy atom. The number of hydrogen-bond donors (Lipinski definition) is 0.